The van der Waals surface area contributed by atoms with Crippen molar-refractivity contribution in [2.75, 3.05) is 33.6 Å². The Morgan fingerprint density at radius 2 is 1.80 bits per heavy atom. The van der Waals surface area contributed by atoms with E-state index in [0.29, 0.717) is 0 Å². The van der Waals surface area contributed by atoms with Crippen molar-refractivity contribution < 1.29 is 14.2 Å². The first-order valence-electron chi connectivity index (χ1n) is 6.73. The third-order valence-electron chi connectivity index (χ3n) is 2.83. The molecule has 1 N–H and O–H groups in total. The van der Waals surface area contributed by atoms with Crippen LogP contribution in [0.25, 0.3) is 0 Å². The van der Waals surface area contributed by atoms with Crippen LogP contribution in [0.5, 0.6) is 11.5 Å². The molecule has 0 heterocycles. The molecule has 0 aliphatic rings. The highest BCUT2D eigenvalue weighted by Crippen LogP contribution is 2.34. The molecule has 0 amide bonds. The maximum Gasteiger partial charge on any atom is 0.161 e. The number of hydrogen-bond acceptors (Lipinski definition) is 5. The van der Waals surface area contributed by atoms with E-state index >= 15 is 0 Å². The lowest BCUT2D eigenvalue weighted by atomic mass is 10.2. The average Bonchev–Trinajstić information content (AvgIpc) is 2.45. The van der Waals surface area contributed by atoms with Gasteiger partial charge in [0.15, 0.2) is 11.5 Å². The summed E-state index contributed by atoms with van der Waals surface area (Å²) < 4.78 is 16.2. The van der Waals surface area contributed by atoms with Crippen LogP contribution in [0.3, 0.4) is 0 Å². The quantitative estimate of drug-likeness (QED) is 0.561. The molecule has 0 unspecified atom stereocenters. The van der Waals surface area contributed by atoms with Crippen LogP contribution in [0, 0.1) is 0 Å². The highest BCUT2D eigenvalue weighted by atomic mass is 32.2. The summed E-state index contributed by atoms with van der Waals surface area (Å²) in [5.41, 5.74) is 1.21. The van der Waals surface area contributed by atoms with E-state index in [-0.39, 0.29) is 6.10 Å². The van der Waals surface area contributed by atoms with E-state index in [4.69, 9.17) is 14.2 Å². The lowest BCUT2D eigenvalue weighted by molar-refractivity contribution is 0.0807. The second-order valence-corrected chi connectivity index (χ2v) is 5.46. The topological polar surface area (TPSA) is 39.7 Å². The Morgan fingerprint density at radius 3 is 2.35 bits per heavy atom. The smallest absolute Gasteiger partial charge is 0.161 e. The van der Waals surface area contributed by atoms with Gasteiger partial charge in [0.1, 0.15) is 0 Å². The van der Waals surface area contributed by atoms with Crippen LogP contribution >= 0.6 is 11.8 Å². The fourth-order valence-corrected chi connectivity index (χ4v) is 2.44. The zero-order valence-electron chi connectivity index (χ0n) is 13.0. The van der Waals surface area contributed by atoms with Gasteiger partial charge >= 0.3 is 0 Å². The van der Waals surface area contributed by atoms with E-state index in [0.717, 1.165) is 31.2 Å². The van der Waals surface area contributed by atoms with Gasteiger partial charge in [-0.25, -0.2) is 0 Å². The Hall–Kier alpha value is -0.910. The van der Waals surface area contributed by atoms with Gasteiger partial charge in [0.25, 0.3) is 0 Å². The number of ether oxygens (including phenoxy) is 3. The molecule has 114 valence electrons. The second-order valence-electron chi connectivity index (χ2n) is 4.62. The number of thioether (sulfide) groups is 1. The van der Waals surface area contributed by atoms with Gasteiger partial charge in [-0.1, -0.05) is 0 Å². The fraction of sp³-hybridized carbons (Fsp3) is 0.600. The van der Waals surface area contributed by atoms with Crippen LogP contribution in [0.15, 0.2) is 17.0 Å². The van der Waals surface area contributed by atoms with Crippen molar-refractivity contribution in [1.82, 2.24) is 5.32 Å². The van der Waals surface area contributed by atoms with E-state index in [9.17, 15) is 0 Å². The minimum atomic E-state index is 0.277. The summed E-state index contributed by atoms with van der Waals surface area (Å²) >= 11 is 1.71. The van der Waals surface area contributed by atoms with Gasteiger partial charge < -0.3 is 19.5 Å². The van der Waals surface area contributed by atoms with Crippen LogP contribution in [-0.4, -0.2) is 39.7 Å². The standard InChI is InChI=1S/C15H25NO3S/c1-11(2)19-7-6-16-10-12-8-13(17-3)14(18-4)9-15(12)20-5/h8-9,11,16H,6-7,10H2,1-5H3. The molecule has 20 heavy (non-hydrogen) atoms. The molecule has 0 saturated carbocycles. The van der Waals surface area contributed by atoms with Crippen LogP contribution in [0.2, 0.25) is 0 Å². The first kappa shape index (κ1) is 17.1. The molecule has 1 aromatic carbocycles. The molecule has 4 nitrogen and oxygen atoms in total. The average molecular weight is 299 g/mol. The fourth-order valence-electron chi connectivity index (χ4n) is 1.82. The molecule has 0 bridgehead atoms. The Bertz CT molecular complexity index is 410. The van der Waals surface area contributed by atoms with Crippen LogP contribution in [0.1, 0.15) is 19.4 Å². The summed E-state index contributed by atoms with van der Waals surface area (Å²) in [7, 11) is 3.31. The lowest BCUT2D eigenvalue weighted by Gasteiger charge is -2.14. The van der Waals surface area contributed by atoms with Crippen molar-refractivity contribution in [2.45, 2.75) is 31.4 Å². The van der Waals surface area contributed by atoms with E-state index in [2.05, 4.69) is 11.6 Å². The van der Waals surface area contributed by atoms with Gasteiger partial charge in [0.2, 0.25) is 0 Å². The zero-order chi connectivity index (χ0) is 15.0. The molecule has 1 aromatic rings. The lowest BCUT2D eigenvalue weighted by Crippen LogP contribution is -2.21. The Labute approximate surface area is 126 Å². The predicted octanol–water partition coefficient (Wildman–Crippen LogP) is 2.94. The van der Waals surface area contributed by atoms with Gasteiger partial charge in [-0.3, -0.25) is 0 Å². The molecule has 0 radical (unpaired) electrons. The van der Waals surface area contributed by atoms with E-state index in [1.165, 1.54) is 10.5 Å². The first-order chi connectivity index (χ1) is 9.62. The number of methoxy groups -OCH3 is 2. The van der Waals surface area contributed by atoms with Crippen molar-refractivity contribution in [3.05, 3.63) is 17.7 Å². The second kappa shape index (κ2) is 9.10. The zero-order valence-corrected chi connectivity index (χ0v) is 13.8. The van der Waals surface area contributed by atoms with Gasteiger partial charge in [-0.15, -0.1) is 11.8 Å². The Morgan fingerprint density at radius 1 is 1.15 bits per heavy atom. The van der Waals surface area contributed by atoms with Crippen molar-refractivity contribution in [2.24, 2.45) is 0 Å². The predicted molar refractivity (Wildman–Crippen MR) is 84.1 cm³/mol. The van der Waals surface area contributed by atoms with Crippen LogP contribution in [0.4, 0.5) is 0 Å². The highest BCUT2D eigenvalue weighted by Gasteiger charge is 2.10. The SMILES string of the molecule is COc1cc(CNCCOC(C)C)c(SC)cc1OC. The van der Waals surface area contributed by atoms with Gasteiger partial charge in [-0.2, -0.15) is 0 Å². The van der Waals surface area contributed by atoms with Crippen LogP contribution < -0.4 is 14.8 Å². The van der Waals surface area contributed by atoms with E-state index < -0.39 is 0 Å². The molecule has 5 heteroatoms. The third-order valence-corrected chi connectivity index (χ3v) is 3.65. The summed E-state index contributed by atoms with van der Waals surface area (Å²) in [6.07, 6.45) is 2.34. The van der Waals surface area contributed by atoms with Crippen LogP contribution in [-0.2, 0) is 11.3 Å². The van der Waals surface area contributed by atoms with E-state index in [1.54, 1.807) is 26.0 Å². The molecule has 0 spiro atoms. The molecular weight excluding hydrogens is 274 g/mol. The van der Waals surface area contributed by atoms with Gasteiger partial charge in [-0.05, 0) is 37.8 Å². The summed E-state index contributed by atoms with van der Waals surface area (Å²) in [5, 5.41) is 3.39. The maximum absolute atomic E-state index is 5.51. The molecule has 0 atom stereocenters. The van der Waals surface area contributed by atoms with Crippen molar-refractivity contribution in [3.8, 4) is 11.5 Å². The van der Waals surface area contributed by atoms with E-state index in [1.807, 2.05) is 26.0 Å². The number of nitrogens with one attached hydrogen (secondary N) is 1. The summed E-state index contributed by atoms with van der Waals surface area (Å²) in [5.74, 6) is 1.53. The number of benzene rings is 1. The van der Waals surface area contributed by atoms with Crippen molar-refractivity contribution in [3.63, 3.8) is 0 Å². The van der Waals surface area contributed by atoms with Crippen molar-refractivity contribution in [1.29, 1.82) is 0 Å². The molecule has 0 saturated heterocycles. The molecule has 1 rings (SSSR count). The third kappa shape index (κ3) is 5.23. The molecular formula is C15H25NO3S. The summed E-state index contributed by atoms with van der Waals surface area (Å²) in [4.78, 5) is 1.19. The van der Waals surface area contributed by atoms with Crippen molar-refractivity contribution >= 4 is 11.8 Å². The monoisotopic (exact) mass is 299 g/mol. The van der Waals surface area contributed by atoms with Gasteiger partial charge in [0.05, 0.1) is 26.9 Å². The van der Waals surface area contributed by atoms with Gasteiger partial charge in [0, 0.05) is 18.0 Å². The largest absolute Gasteiger partial charge is 0.493 e. The summed E-state index contributed by atoms with van der Waals surface area (Å²) in [6, 6.07) is 4.05. The number of rotatable bonds is 9. The maximum atomic E-state index is 5.51. The number of hydrogen-bond donors (Lipinski definition) is 1. The minimum absolute atomic E-state index is 0.277. The molecule has 0 aliphatic carbocycles. The first-order valence-corrected chi connectivity index (χ1v) is 7.96. The Kier molecular flexibility index (Phi) is 7.80. The molecule has 0 fully saturated rings. The summed E-state index contributed by atoms with van der Waals surface area (Å²) in [6.45, 7) is 6.43. The Balaban J connectivity index is 2.63. The molecule has 0 aromatic heterocycles. The normalized spacial score (nSPS) is 10.9. The minimum Gasteiger partial charge on any atom is -0.493 e. The molecule has 0 aliphatic heterocycles. The highest BCUT2D eigenvalue weighted by molar-refractivity contribution is 7.98.